The van der Waals surface area contributed by atoms with E-state index in [-0.39, 0.29) is 5.88 Å². The maximum Gasteiger partial charge on any atom is 0.433 e. The molecule has 0 fully saturated rings. The van der Waals surface area contributed by atoms with E-state index in [0.717, 1.165) is 23.6 Å². The first-order valence-electron chi connectivity index (χ1n) is 9.83. The largest absolute Gasteiger partial charge is 0.497 e. The zero-order valence-electron chi connectivity index (χ0n) is 17.2. The van der Waals surface area contributed by atoms with Gasteiger partial charge in [-0.15, -0.1) is 10.2 Å². The lowest BCUT2D eigenvalue weighted by molar-refractivity contribution is -0.402. The second kappa shape index (κ2) is 9.97. The Labute approximate surface area is 188 Å². The first-order chi connectivity index (χ1) is 15.6. The summed E-state index contributed by atoms with van der Waals surface area (Å²) in [4.78, 5) is 10.2. The Morgan fingerprint density at radius 3 is 2.56 bits per heavy atom. The Morgan fingerprint density at radius 2 is 1.88 bits per heavy atom. The summed E-state index contributed by atoms with van der Waals surface area (Å²) in [7, 11) is 1.63. The van der Waals surface area contributed by atoms with Gasteiger partial charge in [-0.3, -0.25) is 10.1 Å². The summed E-state index contributed by atoms with van der Waals surface area (Å²) >= 11 is 1.37. The first kappa shape index (κ1) is 21.4. The summed E-state index contributed by atoms with van der Waals surface area (Å²) < 4.78 is 12.5. The van der Waals surface area contributed by atoms with Crippen molar-refractivity contribution in [1.82, 2.24) is 14.8 Å². The molecule has 0 radical (unpaired) electrons. The van der Waals surface area contributed by atoms with Gasteiger partial charge in [0.05, 0.1) is 13.2 Å². The number of furan rings is 1. The molecule has 0 atom stereocenters. The fourth-order valence-corrected chi connectivity index (χ4v) is 3.83. The molecule has 0 spiro atoms. The van der Waals surface area contributed by atoms with Gasteiger partial charge in [-0.25, -0.2) is 0 Å². The lowest BCUT2D eigenvalue weighted by atomic mass is 10.1. The van der Waals surface area contributed by atoms with Crippen LogP contribution >= 0.6 is 11.8 Å². The van der Waals surface area contributed by atoms with E-state index < -0.39 is 4.92 Å². The third-order valence-corrected chi connectivity index (χ3v) is 5.52. The number of benzene rings is 2. The number of ether oxygens (including phenoxy) is 1. The van der Waals surface area contributed by atoms with Crippen molar-refractivity contribution in [1.29, 1.82) is 0 Å². The van der Waals surface area contributed by atoms with E-state index in [1.54, 1.807) is 24.7 Å². The van der Waals surface area contributed by atoms with Crippen molar-refractivity contribution in [3.63, 3.8) is 0 Å². The maximum atomic E-state index is 10.8. The van der Waals surface area contributed by atoms with E-state index in [0.29, 0.717) is 17.5 Å². The zero-order valence-corrected chi connectivity index (χ0v) is 18.1. The van der Waals surface area contributed by atoms with E-state index in [1.165, 1.54) is 23.4 Å². The Balaban J connectivity index is 1.57. The molecule has 0 amide bonds. The Morgan fingerprint density at radius 1 is 1.09 bits per heavy atom. The highest BCUT2D eigenvalue weighted by Gasteiger charge is 2.15. The fraction of sp³-hybridized carbons (Fsp3) is 0.130. The van der Waals surface area contributed by atoms with Gasteiger partial charge in [0.1, 0.15) is 16.4 Å². The van der Waals surface area contributed by atoms with E-state index in [1.807, 2.05) is 42.5 Å². The van der Waals surface area contributed by atoms with Gasteiger partial charge in [-0.1, -0.05) is 42.1 Å². The zero-order chi connectivity index (χ0) is 22.3. The third kappa shape index (κ3) is 5.06. The van der Waals surface area contributed by atoms with Crippen LogP contribution in [0.1, 0.15) is 11.3 Å². The molecular formula is C23H20N4O4S. The average Bonchev–Trinajstić information content (AvgIpc) is 3.46. The highest BCUT2D eigenvalue weighted by molar-refractivity contribution is 8.02. The second-order valence-electron chi connectivity index (χ2n) is 6.78. The molecule has 0 aliphatic carbocycles. The molecular weight excluding hydrogens is 428 g/mol. The Kier molecular flexibility index (Phi) is 6.66. The number of aromatic nitrogens is 3. The standard InChI is InChI=1S/C23H20N4O4S/c1-30-19-9-7-18(8-10-19)22-24-25-23(26(22)15-13-17-5-3-2-4-6-17)32-16-14-20-11-12-21(31-20)27(28)29/h2-12,14,16H,13,15H2,1H3/b16-14+. The molecule has 4 rings (SSSR count). The number of nitro groups is 1. The summed E-state index contributed by atoms with van der Waals surface area (Å²) in [6.45, 7) is 0.695. The topological polar surface area (TPSA) is 96.2 Å². The average molecular weight is 449 g/mol. The monoisotopic (exact) mass is 448 g/mol. The molecule has 0 aliphatic rings. The van der Waals surface area contributed by atoms with Crippen LogP contribution in [0.3, 0.4) is 0 Å². The molecule has 0 bridgehead atoms. The maximum absolute atomic E-state index is 10.8. The van der Waals surface area contributed by atoms with Crippen LogP contribution in [0.25, 0.3) is 17.5 Å². The van der Waals surface area contributed by atoms with Crippen molar-refractivity contribution in [3.8, 4) is 17.1 Å². The predicted octanol–water partition coefficient (Wildman–Crippen LogP) is 5.46. The molecule has 0 saturated heterocycles. The number of aryl methyl sites for hydroxylation is 1. The quantitative estimate of drug-likeness (QED) is 0.190. The van der Waals surface area contributed by atoms with Crippen LogP contribution in [0.4, 0.5) is 5.88 Å². The van der Waals surface area contributed by atoms with Crippen molar-refractivity contribution < 1.29 is 14.1 Å². The second-order valence-corrected chi connectivity index (χ2v) is 7.65. The number of rotatable bonds is 9. The summed E-state index contributed by atoms with van der Waals surface area (Å²) in [6.07, 6.45) is 2.49. The van der Waals surface area contributed by atoms with Crippen molar-refractivity contribution in [2.45, 2.75) is 18.1 Å². The molecule has 0 N–H and O–H groups in total. The Hall–Kier alpha value is -3.85. The summed E-state index contributed by atoms with van der Waals surface area (Å²) in [5.74, 6) is 1.64. The lowest BCUT2D eigenvalue weighted by Crippen LogP contribution is -2.05. The predicted molar refractivity (Wildman–Crippen MR) is 122 cm³/mol. The normalized spacial score (nSPS) is 11.2. The van der Waals surface area contributed by atoms with Crippen LogP contribution < -0.4 is 4.74 Å². The molecule has 162 valence electrons. The van der Waals surface area contributed by atoms with Crippen LogP contribution in [-0.2, 0) is 13.0 Å². The van der Waals surface area contributed by atoms with Gasteiger partial charge in [0.25, 0.3) is 0 Å². The minimum absolute atomic E-state index is 0.289. The van der Waals surface area contributed by atoms with Crippen LogP contribution in [0.2, 0.25) is 0 Å². The highest BCUT2D eigenvalue weighted by atomic mass is 32.2. The van der Waals surface area contributed by atoms with Crippen LogP contribution in [-0.4, -0.2) is 26.8 Å². The third-order valence-electron chi connectivity index (χ3n) is 4.73. The summed E-state index contributed by atoms with van der Waals surface area (Å²) in [5.41, 5.74) is 2.15. The van der Waals surface area contributed by atoms with E-state index >= 15 is 0 Å². The summed E-state index contributed by atoms with van der Waals surface area (Å²) in [5, 5.41) is 22.0. The van der Waals surface area contributed by atoms with Crippen molar-refractivity contribution >= 4 is 23.7 Å². The minimum atomic E-state index is -0.564. The molecule has 2 aromatic carbocycles. The van der Waals surface area contributed by atoms with Crippen molar-refractivity contribution in [2.24, 2.45) is 0 Å². The van der Waals surface area contributed by atoms with Crippen LogP contribution in [0, 0.1) is 10.1 Å². The molecule has 0 unspecified atom stereocenters. The smallest absolute Gasteiger partial charge is 0.433 e. The van der Waals surface area contributed by atoms with Gasteiger partial charge < -0.3 is 13.7 Å². The van der Waals surface area contributed by atoms with Gasteiger partial charge in [0.2, 0.25) is 0 Å². The summed E-state index contributed by atoms with van der Waals surface area (Å²) in [6, 6.07) is 20.8. The van der Waals surface area contributed by atoms with Crippen molar-refractivity contribution in [3.05, 3.63) is 93.6 Å². The number of hydrogen-bond acceptors (Lipinski definition) is 7. The molecule has 8 nitrogen and oxygen atoms in total. The molecule has 0 aliphatic heterocycles. The van der Waals surface area contributed by atoms with Gasteiger partial charge in [-0.2, -0.15) is 0 Å². The van der Waals surface area contributed by atoms with Gasteiger partial charge in [-0.05, 0) is 53.8 Å². The fourth-order valence-electron chi connectivity index (χ4n) is 3.11. The Bertz CT molecular complexity index is 1220. The van der Waals surface area contributed by atoms with Gasteiger partial charge in [0.15, 0.2) is 11.0 Å². The SMILES string of the molecule is COc1ccc(-c2nnc(S/C=C/c3ccc([N+](=O)[O-])o3)n2CCc2ccccc2)cc1. The first-order valence-corrected chi connectivity index (χ1v) is 10.7. The van der Waals surface area contributed by atoms with E-state index in [4.69, 9.17) is 9.15 Å². The number of methoxy groups -OCH3 is 1. The highest BCUT2D eigenvalue weighted by Crippen LogP contribution is 2.27. The molecule has 32 heavy (non-hydrogen) atoms. The van der Waals surface area contributed by atoms with Crippen LogP contribution in [0.5, 0.6) is 5.75 Å². The number of nitrogens with zero attached hydrogens (tertiary/aromatic N) is 4. The molecule has 2 aromatic heterocycles. The lowest BCUT2D eigenvalue weighted by Gasteiger charge is -2.10. The number of thioether (sulfide) groups is 1. The van der Waals surface area contributed by atoms with Gasteiger partial charge >= 0.3 is 5.88 Å². The van der Waals surface area contributed by atoms with Gasteiger partial charge in [0, 0.05) is 12.1 Å². The van der Waals surface area contributed by atoms with E-state index in [2.05, 4.69) is 26.9 Å². The molecule has 2 heterocycles. The molecule has 0 saturated carbocycles. The van der Waals surface area contributed by atoms with Crippen LogP contribution in [0.15, 0.2) is 81.7 Å². The molecule has 4 aromatic rings. The minimum Gasteiger partial charge on any atom is -0.497 e. The van der Waals surface area contributed by atoms with Crippen molar-refractivity contribution in [2.75, 3.05) is 7.11 Å². The van der Waals surface area contributed by atoms with E-state index in [9.17, 15) is 10.1 Å². The molecule has 9 heteroatoms. The number of hydrogen-bond donors (Lipinski definition) is 0.